The molecular formula is C14H13F2N3O3. The van der Waals surface area contributed by atoms with Crippen LogP contribution in [0.4, 0.5) is 8.78 Å². The zero-order valence-corrected chi connectivity index (χ0v) is 11.8. The molecule has 0 aliphatic rings. The zero-order valence-electron chi connectivity index (χ0n) is 11.8. The minimum Gasteiger partial charge on any atom is -0.480 e. The van der Waals surface area contributed by atoms with Crippen molar-refractivity contribution in [3.8, 4) is 11.3 Å². The van der Waals surface area contributed by atoms with E-state index in [1.807, 2.05) is 0 Å². The van der Waals surface area contributed by atoms with E-state index < -0.39 is 29.6 Å². The average molecular weight is 309 g/mol. The predicted octanol–water partition coefficient (Wildman–Crippen LogP) is 1.57. The van der Waals surface area contributed by atoms with E-state index in [1.54, 1.807) is 0 Å². The van der Waals surface area contributed by atoms with Gasteiger partial charge in [0.15, 0.2) is 0 Å². The van der Waals surface area contributed by atoms with E-state index in [-0.39, 0.29) is 16.8 Å². The number of benzene rings is 1. The molecule has 0 bridgehead atoms. The molecule has 0 aliphatic heterocycles. The number of nitrogens with zero attached hydrogens (tertiary/aromatic N) is 2. The molecule has 1 aromatic heterocycles. The van der Waals surface area contributed by atoms with Crippen molar-refractivity contribution in [1.82, 2.24) is 15.1 Å². The van der Waals surface area contributed by atoms with Gasteiger partial charge in [-0.05, 0) is 19.1 Å². The number of hydrogen-bond donors (Lipinski definition) is 2. The number of carbonyl (C=O) groups excluding carboxylic acids is 1. The molecule has 8 heteroatoms. The summed E-state index contributed by atoms with van der Waals surface area (Å²) < 4.78 is 28.1. The maximum absolute atomic E-state index is 13.9. The molecule has 0 fully saturated rings. The maximum Gasteiger partial charge on any atom is 0.325 e. The third-order valence-corrected chi connectivity index (χ3v) is 2.98. The fraction of sp³-hybridized carbons (Fsp3) is 0.214. The molecule has 1 aromatic carbocycles. The standard InChI is InChI=1S/C14H13F2N3O3/c1-7(14(21)22)17-13(20)10-6-19(2)18-12(10)9-4-3-8(15)5-11(9)16/h3-7H,1-2H3,(H,17,20)(H,21,22). The van der Waals surface area contributed by atoms with E-state index in [0.717, 1.165) is 6.07 Å². The normalized spacial score (nSPS) is 12.0. The summed E-state index contributed by atoms with van der Waals surface area (Å²) in [6.07, 6.45) is 1.34. The monoisotopic (exact) mass is 309 g/mol. The lowest BCUT2D eigenvalue weighted by molar-refractivity contribution is -0.138. The number of nitrogens with one attached hydrogen (secondary N) is 1. The Labute approximate surface area is 124 Å². The molecule has 22 heavy (non-hydrogen) atoms. The molecule has 0 saturated carbocycles. The van der Waals surface area contributed by atoms with Crippen molar-refractivity contribution in [2.45, 2.75) is 13.0 Å². The highest BCUT2D eigenvalue weighted by Gasteiger charge is 2.22. The van der Waals surface area contributed by atoms with Crippen LogP contribution in [0.1, 0.15) is 17.3 Å². The van der Waals surface area contributed by atoms with Gasteiger partial charge in [0.25, 0.3) is 5.91 Å². The summed E-state index contributed by atoms with van der Waals surface area (Å²) >= 11 is 0. The van der Waals surface area contributed by atoms with E-state index in [0.29, 0.717) is 6.07 Å². The first-order valence-electron chi connectivity index (χ1n) is 6.32. The molecule has 1 atom stereocenters. The molecule has 2 N–H and O–H groups in total. The Morgan fingerprint density at radius 2 is 2.05 bits per heavy atom. The lowest BCUT2D eigenvalue weighted by atomic mass is 10.1. The van der Waals surface area contributed by atoms with Crippen LogP contribution in [0.3, 0.4) is 0 Å². The van der Waals surface area contributed by atoms with Gasteiger partial charge >= 0.3 is 5.97 Å². The van der Waals surface area contributed by atoms with Gasteiger partial charge in [-0.1, -0.05) is 0 Å². The van der Waals surface area contributed by atoms with Gasteiger partial charge in [0.2, 0.25) is 0 Å². The number of aromatic nitrogens is 2. The van der Waals surface area contributed by atoms with E-state index in [2.05, 4.69) is 10.4 Å². The van der Waals surface area contributed by atoms with Gasteiger partial charge < -0.3 is 10.4 Å². The molecule has 0 spiro atoms. The Morgan fingerprint density at radius 1 is 1.36 bits per heavy atom. The van der Waals surface area contributed by atoms with Crippen molar-refractivity contribution in [2.75, 3.05) is 0 Å². The van der Waals surface area contributed by atoms with Crippen molar-refractivity contribution >= 4 is 11.9 Å². The summed E-state index contributed by atoms with van der Waals surface area (Å²) in [5.74, 6) is -3.52. The number of carboxylic acids is 1. The largest absolute Gasteiger partial charge is 0.480 e. The number of carbonyl (C=O) groups is 2. The lowest BCUT2D eigenvalue weighted by Gasteiger charge is -2.09. The van der Waals surface area contributed by atoms with Crippen molar-refractivity contribution < 1.29 is 23.5 Å². The van der Waals surface area contributed by atoms with Crippen molar-refractivity contribution in [2.24, 2.45) is 7.05 Å². The Hall–Kier alpha value is -2.77. The number of aryl methyl sites for hydroxylation is 1. The molecule has 1 amide bonds. The Bertz CT molecular complexity index is 743. The van der Waals surface area contributed by atoms with Crippen LogP contribution in [0.25, 0.3) is 11.3 Å². The Morgan fingerprint density at radius 3 is 2.64 bits per heavy atom. The third-order valence-electron chi connectivity index (χ3n) is 2.98. The minimum absolute atomic E-state index is 0.00103. The lowest BCUT2D eigenvalue weighted by Crippen LogP contribution is -2.38. The highest BCUT2D eigenvalue weighted by molar-refractivity contribution is 6.01. The Balaban J connectivity index is 2.42. The van der Waals surface area contributed by atoms with Gasteiger partial charge in [0, 0.05) is 24.9 Å². The highest BCUT2D eigenvalue weighted by Crippen LogP contribution is 2.25. The molecular weight excluding hydrogens is 296 g/mol. The van der Waals surface area contributed by atoms with E-state index in [1.165, 1.54) is 30.9 Å². The van der Waals surface area contributed by atoms with Crippen LogP contribution in [0, 0.1) is 11.6 Å². The molecule has 2 rings (SSSR count). The van der Waals surface area contributed by atoms with Crippen molar-refractivity contribution in [1.29, 1.82) is 0 Å². The number of aliphatic carboxylic acids is 1. The summed E-state index contributed by atoms with van der Waals surface area (Å²) in [5.41, 5.74) is -0.0358. The topological polar surface area (TPSA) is 84.2 Å². The minimum atomic E-state index is -1.20. The first kappa shape index (κ1) is 15.6. The van der Waals surface area contributed by atoms with Crippen LogP contribution >= 0.6 is 0 Å². The van der Waals surface area contributed by atoms with Crippen molar-refractivity contribution in [3.63, 3.8) is 0 Å². The number of carboxylic acid groups (broad SMARTS) is 1. The smallest absolute Gasteiger partial charge is 0.325 e. The number of hydrogen-bond acceptors (Lipinski definition) is 3. The van der Waals surface area contributed by atoms with E-state index >= 15 is 0 Å². The molecule has 0 saturated heterocycles. The molecule has 116 valence electrons. The summed E-state index contributed by atoms with van der Waals surface area (Å²) in [4.78, 5) is 22.9. The predicted molar refractivity (Wildman–Crippen MR) is 73.1 cm³/mol. The average Bonchev–Trinajstić information content (AvgIpc) is 2.80. The van der Waals surface area contributed by atoms with Crippen LogP contribution in [0.5, 0.6) is 0 Å². The summed E-state index contributed by atoms with van der Waals surface area (Å²) in [6.45, 7) is 1.30. The van der Waals surface area contributed by atoms with Crippen LogP contribution in [0.15, 0.2) is 24.4 Å². The molecule has 0 radical (unpaired) electrons. The number of amides is 1. The van der Waals surface area contributed by atoms with Gasteiger partial charge in [0.05, 0.1) is 5.56 Å². The molecule has 2 aromatic rings. The van der Waals surface area contributed by atoms with Crippen LogP contribution in [0.2, 0.25) is 0 Å². The second kappa shape index (κ2) is 5.92. The zero-order chi connectivity index (χ0) is 16.4. The molecule has 0 aliphatic carbocycles. The fourth-order valence-corrected chi connectivity index (χ4v) is 1.87. The van der Waals surface area contributed by atoms with E-state index in [4.69, 9.17) is 5.11 Å². The number of halogens is 2. The van der Waals surface area contributed by atoms with E-state index in [9.17, 15) is 18.4 Å². The molecule has 1 heterocycles. The Kier molecular flexibility index (Phi) is 4.20. The van der Waals surface area contributed by atoms with Gasteiger partial charge in [-0.15, -0.1) is 0 Å². The van der Waals surface area contributed by atoms with Crippen LogP contribution in [-0.4, -0.2) is 32.8 Å². The first-order chi connectivity index (χ1) is 10.3. The SMILES string of the molecule is CC(NC(=O)c1cn(C)nc1-c1ccc(F)cc1F)C(=O)O. The van der Waals surface area contributed by atoms with Crippen LogP contribution in [-0.2, 0) is 11.8 Å². The first-order valence-corrected chi connectivity index (χ1v) is 6.32. The van der Waals surface area contributed by atoms with Gasteiger partial charge in [-0.2, -0.15) is 5.10 Å². The van der Waals surface area contributed by atoms with Gasteiger partial charge in [0.1, 0.15) is 23.4 Å². The van der Waals surface area contributed by atoms with Crippen LogP contribution < -0.4 is 5.32 Å². The van der Waals surface area contributed by atoms with Gasteiger partial charge in [-0.3, -0.25) is 14.3 Å². The summed E-state index contributed by atoms with van der Waals surface area (Å²) in [6, 6.07) is 1.79. The van der Waals surface area contributed by atoms with Crippen molar-refractivity contribution in [3.05, 3.63) is 41.6 Å². The summed E-state index contributed by atoms with van der Waals surface area (Å²) in [5, 5.41) is 15.1. The number of rotatable bonds is 4. The quantitative estimate of drug-likeness (QED) is 0.898. The highest BCUT2D eigenvalue weighted by atomic mass is 19.1. The summed E-state index contributed by atoms with van der Waals surface area (Å²) in [7, 11) is 1.53. The second-order valence-corrected chi connectivity index (χ2v) is 4.72. The third kappa shape index (κ3) is 3.11. The fourth-order valence-electron chi connectivity index (χ4n) is 1.87. The molecule has 6 nitrogen and oxygen atoms in total. The molecule has 1 unspecified atom stereocenters. The van der Waals surface area contributed by atoms with Gasteiger partial charge in [-0.25, -0.2) is 8.78 Å². The maximum atomic E-state index is 13.9. The second-order valence-electron chi connectivity index (χ2n) is 4.72.